The van der Waals surface area contributed by atoms with Gasteiger partial charge in [-0.3, -0.25) is 4.79 Å². The molecule has 2 aromatic rings. The molecule has 1 aliphatic heterocycles. The van der Waals surface area contributed by atoms with Crippen LogP contribution in [0.1, 0.15) is 44.7 Å². The fourth-order valence-corrected chi connectivity index (χ4v) is 4.21. The molecule has 1 aliphatic rings. The second-order valence-electron chi connectivity index (χ2n) is 6.67. The number of aromatic nitrogens is 2. The Hall–Kier alpha value is -2.06. The third-order valence-corrected chi connectivity index (χ3v) is 5.50. The number of ether oxygens (including phenoxy) is 1. The van der Waals surface area contributed by atoms with Gasteiger partial charge in [-0.1, -0.05) is 46.7 Å². The van der Waals surface area contributed by atoms with Gasteiger partial charge in [0.1, 0.15) is 5.82 Å². The van der Waals surface area contributed by atoms with Crippen LogP contribution in [0.25, 0.3) is 0 Å². The molecule has 0 bridgehead atoms. The van der Waals surface area contributed by atoms with E-state index in [1.165, 1.54) is 11.8 Å². The third-order valence-electron chi connectivity index (χ3n) is 4.25. The minimum absolute atomic E-state index is 0.263. The van der Waals surface area contributed by atoms with Gasteiger partial charge in [-0.05, 0) is 44.2 Å². The van der Waals surface area contributed by atoms with E-state index in [0.29, 0.717) is 27.8 Å². The van der Waals surface area contributed by atoms with Crippen molar-refractivity contribution in [2.24, 2.45) is 0 Å². The molecular weight excluding hydrogens is 442 g/mol. The van der Waals surface area contributed by atoms with Crippen molar-refractivity contribution in [1.29, 1.82) is 0 Å². The standard InChI is InChI=1S/C20H22BrN3O3S/c1-5-28-20-23-17-16(18(25)24-20)15(12-7-6-8-13(21)9-12)14(11(4)22-17)19(26)27-10(2)3/h6-10,15H,5H2,1-4H3,(H2,22,23,24,25)/t15-/m0/s1. The van der Waals surface area contributed by atoms with E-state index in [9.17, 15) is 9.59 Å². The molecule has 0 radical (unpaired) electrons. The predicted octanol–water partition coefficient (Wildman–Crippen LogP) is 4.43. The highest BCUT2D eigenvalue weighted by Gasteiger charge is 2.36. The number of benzene rings is 1. The molecule has 0 aliphatic carbocycles. The van der Waals surface area contributed by atoms with Gasteiger partial charge in [-0.15, -0.1) is 0 Å². The van der Waals surface area contributed by atoms with Gasteiger partial charge in [0, 0.05) is 10.2 Å². The Morgan fingerprint density at radius 3 is 2.79 bits per heavy atom. The number of carbonyl (C=O) groups excluding carboxylic acids is 1. The Morgan fingerprint density at radius 1 is 1.39 bits per heavy atom. The van der Waals surface area contributed by atoms with Crippen LogP contribution in [0.3, 0.4) is 0 Å². The van der Waals surface area contributed by atoms with Crippen LogP contribution < -0.4 is 10.9 Å². The Balaban J connectivity index is 2.23. The Bertz CT molecular complexity index is 1000. The molecule has 28 heavy (non-hydrogen) atoms. The summed E-state index contributed by atoms with van der Waals surface area (Å²) >= 11 is 4.94. The van der Waals surface area contributed by atoms with E-state index in [4.69, 9.17) is 4.74 Å². The number of nitrogens with one attached hydrogen (secondary N) is 2. The monoisotopic (exact) mass is 463 g/mol. The number of hydrogen-bond acceptors (Lipinski definition) is 6. The first-order valence-electron chi connectivity index (χ1n) is 9.03. The van der Waals surface area contributed by atoms with Gasteiger partial charge in [-0.25, -0.2) is 9.78 Å². The molecule has 0 saturated carbocycles. The topological polar surface area (TPSA) is 84.1 Å². The molecule has 148 valence electrons. The lowest BCUT2D eigenvalue weighted by molar-refractivity contribution is -0.143. The lowest BCUT2D eigenvalue weighted by Crippen LogP contribution is -2.31. The third kappa shape index (κ3) is 4.17. The van der Waals surface area contributed by atoms with Gasteiger partial charge < -0.3 is 15.0 Å². The lowest BCUT2D eigenvalue weighted by Gasteiger charge is -2.29. The molecule has 0 saturated heterocycles. The van der Waals surface area contributed by atoms with Crippen molar-refractivity contribution in [3.05, 3.63) is 61.5 Å². The summed E-state index contributed by atoms with van der Waals surface area (Å²) in [6, 6.07) is 7.58. The molecule has 8 heteroatoms. The molecule has 0 amide bonds. The van der Waals surface area contributed by atoms with Crippen LogP contribution >= 0.6 is 27.7 Å². The van der Waals surface area contributed by atoms with Gasteiger partial charge >= 0.3 is 5.97 Å². The van der Waals surface area contributed by atoms with E-state index in [0.717, 1.165) is 15.8 Å². The van der Waals surface area contributed by atoms with Crippen LogP contribution in [0.15, 0.2) is 50.0 Å². The number of allylic oxidation sites excluding steroid dienone is 1. The summed E-state index contributed by atoms with van der Waals surface area (Å²) in [4.78, 5) is 33.3. The summed E-state index contributed by atoms with van der Waals surface area (Å²) in [5.41, 5.74) is 2.02. The summed E-state index contributed by atoms with van der Waals surface area (Å²) in [5, 5.41) is 3.69. The number of carbonyl (C=O) groups is 1. The highest BCUT2D eigenvalue weighted by molar-refractivity contribution is 9.10. The first-order valence-corrected chi connectivity index (χ1v) is 10.8. The van der Waals surface area contributed by atoms with Crippen molar-refractivity contribution in [3.8, 4) is 0 Å². The van der Waals surface area contributed by atoms with Gasteiger partial charge in [0.25, 0.3) is 5.56 Å². The summed E-state index contributed by atoms with van der Waals surface area (Å²) in [7, 11) is 0. The maximum Gasteiger partial charge on any atom is 0.337 e. The van der Waals surface area contributed by atoms with Crippen LogP contribution in [0.4, 0.5) is 5.82 Å². The number of nitrogens with zero attached hydrogens (tertiary/aromatic N) is 1. The minimum Gasteiger partial charge on any atom is -0.460 e. The van der Waals surface area contributed by atoms with E-state index in [-0.39, 0.29) is 11.7 Å². The zero-order chi connectivity index (χ0) is 20.4. The van der Waals surface area contributed by atoms with Gasteiger partial charge in [0.2, 0.25) is 0 Å². The first kappa shape index (κ1) is 20.7. The summed E-state index contributed by atoms with van der Waals surface area (Å²) in [6.45, 7) is 7.40. The molecular formula is C20H22BrN3O3S. The number of aromatic amines is 1. The van der Waals surface area contributed by atoms with Crippen molar-refractivity contribution >= 4 is 39.5 Å². The average Bonchev–Trinajstić information content (AvgIpc) is 2.60. The number of hydrogen-bond donors (Lipinski definition) is 2. The molecule has 2 N–H and O–H groups in total. The molecule has 1 aromatic carbocycles. The second kappa shape index (κ2) is 8.53. The molecule has 1 aromatic heterocycles. The summed E-state index contributed by atoms with van der Waals surface area (Å²) < 4.78 is 6.34. The Labute approximate surface area is 176 Å². The predicted molar refractivity (Wildman–Crippen MR) is 115 cm³/mol. The maximum atomic E-state index is 13.0. The SMILES string of the molecule is CCSc1nc2c(c(=O)[nH]1)[C@@H](c1cccc(Br)c1)C(C(=O)OC(C)C)=C(C)N2. The van der Waals surface area contributed by atoms with Crippen LogP contribution in [0.2, 0.25) is 0 Å². The Kier molecular flexibility index (Phi) is 6.30. The molecule has 0 unspecified atom stereocenters. The molecule has 0 fully saturated rings. The van der Waals surface area contributed by atoms with Crippen LogP contribution in [0, 0.1) is 0 Å². The summed E-state index contributed by atoms with van der Waals surface area (Å²) in [5.74, 6) is 0.250. The quantitative estimate of drug-likeness (QED) is 0.387. The number of thioether (sulfide) groups is 1. The van der Waals surface area contributed by atoms with Gasteiger partial charge in [-0.2, -0.15) is 0 Å². The van der Waals surface area contributed by atoms with Crippen molar-refractivity contribution in [1.82, 2.24) is 9.97 Å². The molecule has 1 atom stereocenters. The number of halogens is 1. The van der Waals surface area contributed by atoms with Crippen molar-refractivity contribution in [3.63, 3.8) is 0 Å². The van der Waals surface area contributed by atoms with Crippen molar-refractivity contribution in [2.45, 2.75) is 44.9 Å². The number of anilines is 1. The average molecular weight is 464 g/mol. The highest BCUT2D eigenvalue weighted by Crippen LogP contribution is 2.40. The zero-order valence-electron chi connectivity index (χ0n) is 16.1. The van der Waals surface area contributed by atoms with E-state index in [1.54, 1.807) is 20.8 Å². The maximum absolute atomic E-state index is 13.0. The molecule has 0 spiro atoms. The highest BCUT2D eigenvalue weighted by atomic mass is 79.9. The zero-order valence-corrected chi connectivity index (χ0v) is 18.5. The lowest BCUT2D eigenvalue weighted by atomic mass is 9.82. The van der Waals surface area contributed by atoms with Gasteiger partial charge in [0.05, 0.1) is 23.2 Å². The number of H-pyrrole nitrogens is 1. The Morgan fingerprint density at radius 2 is 2.14 bits per heavy atom. The van der Waals surface area contributed by atoms with Crippen LogP contribution in [-0.4, -0.2) is 27.8 Å². The molecule has 6 nitrogen and oxygen atoms in total. The van der Waals surface area contributed by atoms with E-state index < -0.39 is 11.9 Å². The van der Waals surface area contributed by atoms with Crippen LogP contribution in [-0.2, 0) is 9.53 Å². The largest absolute Gasteiger partial charge is 0.460 e. The molecule has 3 rings (SSSR count). The number of rotatable bonds is 5. The minimum atomic E-state index is -0.572. The van der Waals surface area contributed by atoms with E-state index in [1.807, 2.05) is 31.2 Å². The second-order valence-corrected chi connectivity index (χ2v) is 8.84. The smallest absolute Gasteiger partial charge is 0.337 e. The van der Waals surface area contributed by atoms with Crippen molar-refractivity contribution in [2.75, 3.05) is 11.1 Å². The van der Waals surface area contributed by atoms with Gasteiger partial charge in [0.15, 0.2) is 5.16 Å². The fourth-order valence-electron chi connectivity index (χ4n) is 3.20. The normalized spacial score (nSPS) is 16.0. The fraction of sp³-hybridized carbons (Fsp3) is 0.350. The van der Waals surface area contributed by atoms with Crippen LogP contribution in [0.5, 0.6) is 0 Å². The summed E-state index contributed by atoms with van der Waals surface area (Å²) in [6.07, 6.45) is -0.267. The van der Waals surface area contributed by atoms with E-state index >= 15 is 0 Å². The number of fused-ring (bicyclic) bond motifs is 1. The number of esters is 1. The molecule has 2 heterocycles. The first-order chi connectivity index (χ1) is 13.3. The van der Waals surface area contributed by atoms with E-state index in [2.05, 4.69) is 31.2 Å². The van der Waals surface area contributed by atoms with Crippen molar-refractivity contribution < 1.29 is 9.53 Å².